The number of aliphatic hydroxyl groups is 1. The number of carbonyl (C=O) groups excluding carboxylic acids is 7. The summed E-state index contributed by atoms with van der Waals surface area (Å²) in [4.78, 5) is 88.7. The Labute approximate surface area is 289 Å². The highest BCUT2D eigenvalue weighted by Crippen LogP contribution is 2.23. The SMILES string of the molecule is COCCNC(=O)CN(CC(=O)NCCOS)C(=O)COc1cc(OCC(=O)N(CC=O)CC(=O)NCCO)cc(C(=O)NCCCN)c1. The average Bonchev–Trinajstić information content (AvgIpc) is 3.08. The summed E-state index contributed by atoms with van der Waals surface area (Å²) in [5, 5.41) is 19.0. The normalized spacial score (nSPS) is 10.4. The number of thiol groups is 1. The summed E-state index contributed by atoms with van der Waals surface area (Å²) in [6.45, 7) is -2.28. The van der Waals surface area contributed by atoms with E-state index >= 15 is 0 Å². The topological polar surface area (TPSA) is 257 Å². The number of amides is 6. The van der Waals surface area contributed by atoms with E-state index in [1.54, 1.807) is 0 Å². The van der Waals surface area contributed by atoms with Crippen molar-refractivity contribution in [2.75, 3.05) is 99.0 Å². The van der Waals surface area contributed by atoms with Crippen molar-refractivity contribution in [1.29, 1.82) is 0 Å². The Morgan fingerprint density at radius 3 is 1.84 bits per heavy atom. The molecule has 6 amide bonds. The average molecular weight is 716 g/mol. The van der Waals surface area contributed by atoms with Crippen LogP contribution in [-0.2, 0) is 37.7 Å². The molecule has 1 rings (SSSR count). The van der Waals surface area contributed by atoms with Crippen molar-refractivity contribution in [2.45, 2.75) is 6.42 Å². The van der Waals surface area contributed by atoms with E-state index in [-0.39, 0.29) is 63.1 Å². The molecular formula is C29H45N7O12S. The van der Waals surface area contributed by atoms with E-state index in [9.17, 15) is 33.6 Å². The van der Waals surface area contributed by atoms with E-state index in [1.165, 1.54) is 25.3 Å². The largest absolute Gasteiger partial charge is 0.484 e. The Bertz CT molecular complexity index is 1220. The van der Waals surface area contributed by atoms with Gasteiger partial charge in [0.25, 0.3) is 17.7 Å². The number of nitrogens with one attached hydrogen (secondary N) is 4. The molecule has 1 aromatic carbocycles. The van der Waals surface area contributed by atoms with Gasteiger partial charge in [-0.05, 0) is 38.0 Å². The first-order valence-corrected chi connectivity index (χ1v) is 15.5. The van der Waals surface area contributed by atoms with Crippen LogP contribution in [0.4, 0.5) is 0 Å². The number of ether oxygens (including phenoxy) is 3. The third-order valence-electron chi connectivity index (χ3n) is 6.11. The van der Waals surface area contributed by atoms with E-state index in [4.69, 9.17) is 25.1 Å². The molecule has 49 heavy (non-hydrogen) atoms. The summed E-state index contributed by atoms with van der Waals surface area (Å²) < 4.78 is 20.7. The molecule has 0 saturated heterocycles. The second-order valence-corrected chi connectivity index (χ2v) is 10.2. The number of benzene rings is 1. The molecule has 0 aliphatic rings. The van der Waals surface area contributed by atoms with E-state index < -0.39 is 74.8 Å². The van der Waals surface area contributed by atoms with Gasteiger partial charge in [0.15, 0.2) is 13.2 Å². The van der Waals surface area contributed by atoms with Crippen molar-refractivity contribution in [3.05, 3.63) is 23.8 Å². The van der Waals surface area contributed by atoms with Crippen molar-refractivity contribution in [3.63, 3.8) is 0 Å². The highest BCUT2D eigenvalue weighted by molar-refractivity contribution is 7.75. The number of aliphatic hydroxyl groups excluding tert-OH is 1. The molecule has 0 saturated carbocycles. The summed E-state index contributed by atoms with van der Waals surface area (Å²) in [5.74, 6) is -3.82. The van der Waals surface area contributed by atoms with Crippen LogP contribution in [0.15, 0.2) is 18.2 Å². The second kappa shape index (κ2) is 25.5. The quantitative estimate of drug-likeness (QED) is 0.0211. The molecule has 0 radical (unpaired) electrons. The maximum Gasteiger partial charge on any atom is 0.261 e. The highest BCUT2D eigenvalue weighted by atomic mass is 32.1. The summed E-state index contributed by atoms with van der Waals surface area (Å²) in [6, 6.07) is 3.92. The minimum absolute atomic E-state index is 0.0294. The van der Waals surface area contributed by atoms with Gasteiger partial charge in [-0.3, -0.25) is 28.8 Å². The first-order chi connectivity index (χ1) is 23.6. The molecule has 1 aromatic rings. The van der Waals surface area contributed by atoms with Gasteiger partial charge >= 0.3 is 0 Å². The zero-order chi connectivity index (χ0) is 36.4. The van der Waals surface area contributed by atoms with Gasteiger partial charge in [0.2, 0.25) is 17.7 Å². The van der Waals surface area contributed by atoms with E-state index in [0.717, 1.165) is 9.80 Å². The number of rotatable bonds is 26. The van der Waals surface area contributed by atoms with Crippen LogP contribution in [0.2, 0.25) is 0 Å². The molecule has 0 fully saturated rings. The standard InChI is InChI=1S/C29H45N7O12S/c1-45-11-6-32-25(40)17-36(18-26(41)33-7-12-48-49)28(43)20-47-23-14-21(29(44)34-4-2-3-30)13-22(15-23)46-19-27(42)35(8-10-38)16-24(39)31-5-9-37/h10,13-15,37,49H,2-9,11-12,16-20,30H2,1H3,(H,31,39)(H,32,40)(H,33,41)(H,34,44). The first-order valence-electron chi connectivity index (χ1n) is 15.1. The summed E-state index contributed by atoms with van der Waals surface area (Å²) in [7, 11) is 1.45. The van der Waals surface area contributed by atoms with Crippen LogP contribution in [0.5, 0.6) is 11.5 Å². The number of nitrogens with two attached hydrogens (primary N) is 1. The Hall–Kier alpha value is -4.50. The maximum atomic E-state index is 13.2. The lowest BCUT2D eigenvalue weighted by atomic mass is 10.2. The van der Waals surface area contributed by atoms with Crippen LogP contribution >= 0.6 is 12.9 Å². The third kappa shape index (κ3) is 18.6. The maximum absolute atomic E-state index is 13.2. The molecule has 0 atom stereocenters. The lowest BCUT2D eigenvalue weighted by Gasteiger charge is -2.22. The monoisotopic (exact) mass is 715 g/mol. The molecule has 20 heteroatoms. The van der Waals surface area contributed by atoms with Gasteiger partial charge in [-0.1, -0.05) is 0 Å². The van der Waals surface area contributed by atoms with Crippen LogP contribution in [0.3, 0.4) is 0 Å². The molecule has 0 bridgehead atoms. The van der Waals surface area contributed by atoms with E-state index in [0.29, 0.717) is 19.3 Å². The Morgan fingerprint density at radius 2 is 1.33 bits per heavy atom. The zero-order valence-electron chi connectivity index (χ0n) is 27.3. The molecule has 19 nitrogen and oxygen atoms in total. The van der Waals surface area contributed by atoms with Gasteiger partial charge in [-0.25, -0.2) is 0 Å². The van der Waals surface area contributed by atoms with Crippen LogP contribution in [0.1, 0.15) is 16.8 Å². The van der Waals surface area contributed by atoms with Gasteiger partial charge in [-0.2, -0.15) is 0 Å². The summed E-state index contributed by atoms with van der Waals surface area (Å²) in [6.07, 6.45) is 0.927. The second-order valence-electron chi connectivity index (χ2n) is 9.96. The first kappa shape index (κ1) is 42.5. The van der Waals surface area contributed by atoms with Gasteiger partial charge in [0.1, 0.15) is 37.4 Å². The van der Waals surface area contributed by atoms with Gasteiger partial charge < -0.3 is 65.1 Å². The summed E-state index contributed by atoms with van der Waals surface area (Å²) >= 11 is 3.60. The predicted molar refractivity (Wildman–Crippen MR) is 176 cm³/mol. The van der Waals surface area contributed by atoms with Gasteiger partial charge in [0.05, 0.1) is 26.4 Å². The minimum atomic E-state index is -0.748. The lowest BCUT2D eigenvalue weighted by molar-refractivity contribution is -0.140. The van der Waals surface area contributed by atoms with E-state index in [2.05, 4.69) is 38.4 Å². The van der Waals surface area contributed by atoms with Gasteiger partial charge in [-0.15, -0.1) is 0 Å². The number of nitrogens with zero attached hydrogens (tertiary/aromatic N) is 2. The van der Waals surface area contributed by atoms with E-state index in [1.807, 2.05) is 0 Å². The molecule has 0 spiro atoms. The molecule has 0 unspecified atom stereocenters. The van der Waals surface area contributed by atoms with Crippen LogP contribution < -0.4 is 36.5 Å². The van der Waals surface area contributed by atoms with Crippen molar-refractivity contribution in [2.24, 2.45) is 5.73 Å². The highest BCUT2D eigenvalue weighted by Gasteiger charge is 2.22. The van der Waals surface area contributed by atoms with Crippen LogP contribution in [0, 0.1) is 0 Å². The number of hydrogen-bond donors (Lipinski definition) is 7. The lowest BCUT2D eigenvalue weighted by Crippen LogP contribution is -2.48. The van der Waals surface area contributed by atoms with Crippen LogP contribution in [-0.4, -0.2) is 156 Å². The third-order valence-corrected chi connectivity index (χ3v) is 6.30. The molecule has 274 valence electrons. The number of carbonyl (C=O) groups is 7. The Kier molecular flexibility index (Phi) is 22.1. The fourth-order valence-electron chi connectivity index (χ4n) is 3.74. The van der Waals surface area contributed by atoms with Crippen molar-refractivity contribution >= 4 is 54.6 Å². The molecule has 0 aliphatic heterocycles. The number of methoxy groups -OCH3 is 1. The Balaban J connectivity index is 3.15. The molecule has 0 aliphatic carbocycles. The number of aldehydes is 1. The molecule has 7 N–H and O–H groups in total. The van der Waals surface area contributed by atoms with Crippen molar-refractivity contribution in [3.8, 4) is 11.5 Å². The van der Waals surface area contributed by atoms with Crippen LogP contribution in [0.25, 0.3) is 0 Å². The van der Waals surface area contributed by atoms with Crippen molar-refractivity contribution < 1.29 is 57.1 Å². The predicted octanol–water partition coefficient (Wildman–Crippen LogP) is -3.77. The zero-order valence-corrected chi connectivity index (χ0v) is 28.2. The summed E-state index contributed by atoms with van der Waals surface area (Å²) in [5.41, 5.74) is 5.54. The Morgan fingerprint density at radius 1 is 0.796 bits per heavy atom. The number of hydrogen-bond acceptors (Lipinski definition) is 14. The molecule has 0 aromatic heterocycles. The minimum Gasteiger partial charge on any atom is -0.484 e. The fourth-order valence-corrected chi connectivity index (χ4v) is 3.83. The smallest absolute Gasteiger partial charge is 0.261 e. The fraction of sp³-hybridized carbons (Fsp3) is 0.552. The molecule has 0 heterocycles. The molecular weight excluding hydrogens is 670 g/mol. The van der Waals surface area contributed by atoms with Crippen molar-refractivity contribution in [1.82, 2.24) is 31.1 Å². The van der Waals surface area contributed by atoms with Gasteiger partial charge in [0, 0.05) is 44.9 Å².